The van der Waals surface area contributed by atoms with Gasteiger partial charge in [-0.15, -0.1) is 0 Å². The smallest absolute Gasteiger partial charge is 0.345 e. The zero-order valence-electron chi connectivity index (χ0n) is 21.0. The molecule has 0 N–H and O–H groups in total. The third-order valence-electron chi connectivity index (χ3n) is 5.03. The minimum Gasteiger partial charge on any atom is -0.481 e. The van der Waals surface area contributed by atoms with Crippen molar-refractivity contribution < 1.29 is 33.2 Å². The third kappa shape index (κ3) is 6.73. The number of hydrogen-bond donors (Lipinski definition) is 0. The monoisotopic (exact) mass is 534 g/mol. The topological polar surface area (TPSA) is 124 Å². The summed E-state index contributed by atoms with van der Waals surface area (Å²) in [6.45, 7) is 8.13. The van der Waals surface area contributed by atoms with Crippen LogP contribution in [0.15, 0.2) is 30.3 Å². The summed E-state index contributed by atoms with van der Waals surface area (Å²) in [7, 11) is 2.49. The minimum atomic E-state index is -1.83. The molecule has 0 spiro atoms. The fraction of sp³-hybridized carbons (Fsp3) is 0.348. The van der Waals surface area contributed by atoms with Crippen LogP contribution in [0.1, 0.15) is 17.3 Å². The Morgan fingerprint density at radius 3 is 1.78 bits per heavy atom. The fourth-order valence-electron chi connectivity index (χ4n) is 2.64. The van der Waals surface area contributed by atoms with Gasteiger partial charge in [-0.2, -0.15) is 19.9 Å². The van der Waals surface area contributed by atoms with Crippen molar-refractivity contribution in [2.24, 2.45) is 0 Å². The number of ether oxygens (including phenoxy) is 6. The number of methoxy groups -OCH3 is 3. The van der Waals surface area contributed by atoms with Gasteiger partial charge in [-0.05, 0) is 19.1 Å². The molecule has 0 saturated heterocycles. The molecule has 1 unspecified atom stereocenters. The van der Waals surface area contributed by atoms with Crippen LogP contribution in [0, 0.1) is 0 Å². The number of carbonyl (C=O) groups is 1. The van der Waals surface area contributed by atoms with E-state index in [4.69, 9.17) is 40.0 Å². The minimum absolute atomic E-state index is 0.0180. The highest BCUT2D eigenvalue weighted by molar-refractivity contribution is 6.77. The van der Waals surface area contributed by atoms with E-state index in [-0.39, 0.29) is 57.6 Å². The Labute approximate surface area is 214 Å². The average Bonchev–Trinajstić information content (AvgIpc) is 2.82. The molecule has 3 aromatic rings. The number of rotatable bonds is 10. The van der Waals surface area contributed by atoms with E-state index in [2.05, 4.69) is 39.6 Å². The lowest BCUT2D eigenvalue weighted by atomic mass is 10.2. The second-order valence-corrected chi connectivity index (χ2v) is 14.4. The largest absolute Gasteiger partial charge is 0.481 e. The maximum absolute atomic E-state index is 13.4. The molecule has 13 heteroatoms. The summed E-state index contributed by atoms with van der Waals surface area (Å²) in [5.41, 5.74) is -0.322. The van der Waals surface area contributed by atoms with Gasteiger partial charge in [0, 0.05) is 6.07 Å². The highest BCUT2D eigenvalue weighted by atomic mass is 35.5. The van der Waals surface area contributed by atoms with Gasteiger partial charge in [-0.1, -0.05) is 37.3 Å². The molecule has 0 fully saturated rings. The molecule has 0 saturated carbocycles. The van der Waals surface area contributed by atoms with Gasteiger partial charge < -0.3 is 28.4 Å². The van der Waals surface area contributed by atoms with Crippen LogP contribution in [-0.2, 0) is 4.74 Å². The number of halogens is 1. The van der Waals surface area contributed by atoms with Crippen molar-refractivity contribution in [3.63, 3.8) is 0 Å². The maximum atomic E-state index is 13.4. The summed E-state index contributed by atoms with van der Waals surface area (Å²) in [5, 5.41) is 0.0950. The Kier molecular flexibility index (Phi) is 8.53. The molecule has 3 rings (SSSR count). The predicted molar refractivity (Wildman–Crippen MR) is 134 cm³/mol. The van der Waals surface area contributed by atoms with Crippen LogP contribution in [0.2, 0.25) is 24.8 Å². The highest BCUT2D eigenvalue weighted by Gasteiger charge is 2.30. The molecule has 2 aromatic heterocycles. The Balaban J connectivity index is 2.08. The van der Waals surface area contributed by atoms with E-state index in [1.165, 1.54) is 33.5 Å². The number of benzene rings is 1. The Hall–Kier alpha value is -3.64. The number of esters is 1. The van der Waals surface area contributed by atoms with Crippen LogP contribution >= 0.6 is 11.6 Å². The van der Waals surface area contributed by atoms with Crippen LogP contribution in [0.4, 0.5) is 0 Å². The van der Waals surface area contributed by atoms with Gasteiger partial charge in [-0.3, -0.25) is 0 Å². The van der Waals surface area contributed by atoms with Crippen LogP contribution < -0.4 is 23.7 Å². The summed E-state index contributed by atoms with van der Waals surface area (Å²) >= 11 is 6.05. The van der Waals surface area contributed by atoms with Crippen molar-refractivity contribution in [2.45, 2.75) is 32.3 Å². The summed E-state index contributed by atoms with van der Waals surface area (Å²) in [6, 6.07) is 7.37. The van der Waals surface area contributed by atoms with E-state index in [1.54, 1.807) is 18.2 Å². The maximum Gasteiger partial charge on any atom is 0.345 e. The Bertz CT molecular complexity index is 1220. The molecule has 11 nitrogen and oxygen atoms in total. The van der Waals surface area contributed by atoms with Crippen LogP contribution in [-0.4, -0.2) is 61.0 Å². The molecular formula is C23H27ClN4O7Si. The normalized spacial score (nSPS) is 11.9. The van der Waals surface area contributed by atoms with Gasteiger partial charge >= 0.3 is 18.0 Å². The molecule has 2 heterocycles. The van der Waals surface area contributed by atoms with E-state index in [0.717, 1.165) is 0 Å². The summed E-state index contributed by atoms with van der Waals surface area (Å²) < 4.78 is 33.0. The van der Waals surface area contributed by atoms with Gasteiger partial charge in [0.25, 0.3) is 0 Å². The van der Waals surface area contributed by atoms with Gasteiger partial charge in [0.15, 0.2) is 0 Å². The molecule has 1 atom stereocenters. The summed E-state index contributed by atoms with van der Waals surface area (Å²) in [6.07, 6.45) is 0. The van der Waals surface area contributed by atoms with Crippen LogP contribution in [0.3, 0.4) is 0 Å². The Morgan fingerprint density at radius 2 is 1.31 bits per heavy atom. The summed E-state index contributed by atoms with van der Waals surface area (Å²) in [5.74, 6) is 0.0782. The highest BCUT2D eigenvalue weighted by Crippen LogP contribution is 2.36. The van der Waals surface area contributed by atoms with E-state index >= 15 is 0 Å². The standard InChI is InChI=1S/C23H27ClN4O7Si/c1-13(36(5,6)7)33-21(29)20-14(34-22-25-16(24)11-17(26-22)30-2)9-8-10-15(20)35-23-27-18(31-3)12-19(28-23)32-4/h8-13H,1-7H3. The lowest BCUT2D eigenvalue weighted by Gasteiger charge is -2.25. The lowest BCUT2D eigenvalue weighted by Crippen LogP contribution is -2.39. The van der Waals surface area contributed by atoms with Crippen molar-refractivity contribution in [3.8, 4) is 41.2 Å². The number of carbonyl (C=O) groups excluding carboxylic acids is 1. The molecule has 1 aromatic carbocycles. The average molecular weight is 535 g/mol. The van der Waals surface area contributed by atoms with Gasteiger partial charge in [0.1, 0.15) is 22.2 Å². The third-order valence-corrected chi connectivity index (χ3v) is 7.79. The van der Waals surface area contributed by atoms with E-state index in [9.17, 15) is 4.79 Å². The van der Waals surface area contributed by atoms with Crippen molar-refractivity contribution in [3.05, 3.63) is 41.0 Å². The molecule has 0 aliphatic rings. The molecule has 0 amide bonds. The fourth-order valence-corrected chi connectivity index (χ4v) is 3.27. The number of hydrogen-bond acceptors (Lipinski definition) is 11. The second-order valence-electron chi connectivity index (χ2n) is 8.50. The van der Waals surface area contributed by atoms with E-state index < -0.39 is 14.0 Å². The van der Waals surface area contributed by atoms with Gasteiger partial charge in [0.2, 0.25) is 17.6 Å². The molecule has 0 aliphatic carbocycles. The first kappa shape index (κ1) is 27.0. The number of aromatic nitrogens is 4. The van der Waals surface area contributed by atoms with Crippen molar-refractivity contribution in [2.75, 3.05) is 21.3 Å². The van der Waals surface area contributed by atoms with Gasteiger partial charge in [-0.25, -0.2) is 4.79 Å². The van der Waals surface area contributed by atoms with E-state index in [0.29, 0.717) is 0 Å². The molecule has 0 aliphatic heterocycles. The van der Waals surface area contributed by atoms with Crippen molar-refractivity contribution in [1.82, 2.24) is 19.9 Å². The molecule has 0 bridgehead atoms. The lowest BCUT2D eigenvalue weighted by molar-refractivity contribution is 0.0449. The zero-order chi connectivity index (χ0) is 26.5. The van der Waals surface area contributed by atoms with Gasteiger partial charge in [0.05, 0.1) is 41.2 Å². The SMILES string of the molecule is COc1cc(Cl)nc(Oc2cccc(Oc3nc(OC)cc(OC)n3)c2C(=O)OC(C)[Si](C)(C)C)n1. The van der Waals surface area contributed by atoms with Crippen LogP contribution in [0.25, 0.3) is 0 Å². The molecule has 192 valence electrons. The van der Waals surface area contributed by atoms with E-state index in [1.807, 2.05) is 6.92 Å². The Morgan fingerprint density at radius 1 is 0.833 bits per heavy atom. The van der Waals surface area contributed by atoms with Crippen LogP contribution in [0.5, 0.6) is 41.2 Å². The first-order valence-corrected chi connectivity index (χ1v) is 14.7. The van der Waals surface area contributed by atoms with Crippen molar-refractivity contribution in [1.29, 1.82) is 0 Å². The predicted octanol–water partition coefficient (Wildman–Crippen LogP) is 4.95. The number of nitrogens with zero attached hydrogens (tertiary/aromatic N) is 4. The second kappa shape index (κ2) is 11.4. The molecular weight excluding hydrogens is 508 g/mol. The first-order valence-electron chi connectivity index (χ1n) is 10.8. The quantitative estimate of drug-likeness (QED) is 0.199. The molecule has 0 radical (unpaired) electrons. The zero-order valence-corrected chi connectivity index (χ0v) is 22.7. The summed E-state index contributed by atoms with van der Waals surface area (Å²) in [4.78, 5) is 29.9. The van der Waals surface area contributed by atoms with Crippen molar-refractivity contribution >= 4 is 25.6 Å². The first-order chi connectivity index (χ1) is 17.0. The molecule has 36 heavy (non-hydrogen) atoms.